The topological polar surface area (TPSA) is 32.8 Å². The van der Waals surface area contributed by atoms with Gasteiger partial charge in [-0.3, -0.25) is 4.90 Å². The SMILES string of the molecule is O=C(N1CCC(c2ccc(Cl)cc2)C1)N1CCOc2ccccc21. The second-order valence-corrected chi connectivity index (χ2v) is 6.67. The molecular formula is C19H19ClN2O2. The third-order valence-corrected chi connectivity index (χ3v) is 5.01. The van der Waals surface area contributed by atoms with Gasteiger partial charge in [-0.05, 0) is 36.2 Å². The van der Waals surface area contributed by atoms with Crippen LogP contribution < -0.4 is 9.64 Å². The Labute approximate surface area is 146 Å². The number of halogens is 1. The van der Waals surface area contributed by atoms with Crippen LogP contribution in [0.15, 0.2) is 48.5 Å². The Bertz CT molecular complexity index is 747. The van der Waals surface area contributed by atoms with Crippen molar-refractivity contribution in [2.75, 3.05) is 31.1 Å². The molecule has 4 rings (SSSR count). The average Bonchev–Trinajstić information content (AvgIpc) is 3.11. The number of carbonyl (C=O) groups is 1. The summed E-state index contributed by atoms with van der Waals surface area (Å²) in [7, 11) is 0. The number of para-hydroxylation sites is 2. The molecule has 24 heavy (non-hydrogen) atoms. The van der Waals surface area contributed by atoms with Gasteiger partial charge in [0, 0.05) is 24.0 Å². The molecule has 1 saturated heterocycles. The largest absolute Gasteiger partial charge is 0.490 e. The van der Waals surface area contributed by atoms with Gasteiger partial charge in [-0.25, -0.2) is 4.79 Å². The summed E-state index contributed by atoms with van der Waals surface area (Å²) in [6.07, 6.45) is 0.985. The van der Waals surface area contributed by atoms with E-state index in [1.165, 1.54) is 5.56 Å². The summed E-state index contributed by atoms with van der Waals surface area (Å²) in [5, 5.41) is 0.745. The summed E-state index contributed by atoms with van der Waals surface area (Å²) < 4.78 is 5.64. The van der Waals surface area contributed by atoms with Gasteiger partial charge >= 0.3 is 6.03 Å². The molecule has 1 atom stereocenters. The van der Waals surface area contributed by atoms with Crippen LogP contribution in [0.25, 0.3) is 0 Å². The number of amides is 2. The molecule has 4 nitrogen and oxygen atoms in total. The van der Waals surface area contributed by atoms with Crippen LogP contribution in [0.4, 0.5) is 10.5 Å². The van der Waals surface area contributed by atoms with E-state index in [-0.39, 0.29) is 6.03 Å². The van der Waals surface area contributed by atoms with Crippen LogP contribution in [0, 0.1) is 0 Å². The highest BCUT2D eigenvalue weighted by Crippen LogP contribution is 2.34. The highest BCUT2D eigenvalue weighted by molar-refractivity contribution is 6.30. The van der Waals surface area contributed by atoms with Gasteiger partial charge in [0.2, 0.25) is 0 Å². The highest BCUT2D eigenvalue weighted by atomic mass is 35.5. The lowest BCUT2D eigenvalue weighted by Crippen LogP contribution is -2.45. The standard InChI is InChI=1S/C19H19ClN2O2/c20-16-7-5-14(6-8-16)15-9-10-21(13-15)19(23)22-11-12-24-18-4-2-1-3-17(18)22/h1-8,15H,9-13H2. The molecule has 2 heterocycles. The molecule has 0 radical (unpaired) electrons. The molecule has 0 bridgehead atoms. The molecule has 0 N–H and O–H groups in total. The van der Waals surface area contributed by atoms with Crippen LogP contribution >= 0.6 is 11.6 Å². The number of carbonyl (C=O) groups excluding carboxylic acids is 1. The van der Waals surface area contributed by atoms with Crippen LogP contribution in [0.5, 0.6) is 5.75 Å². The maximum atomic E-state index is 13.0. The summed E-state index contributed by atoms with van der Waals surface area (Å²) in [6, 6.07) is 15.7. The number of urea groups is 1. The van der Waals surface area contributed by atoms with E-state index in [2.05, 4.69) is 12.1 Å². The van der Waals surface area contributed by atoms with Crippen molar-refractivity contribution in [3.05, 3.63) is 59.1 Å². The van der Waals surface area contributed by atoms with E-state index < -0.39 is 0 Å². The van der Waals surface area contributed by atoms with Crippen molar-refractivity contribution in [1.29, 1.82) is 0 Å². The third-order valence-electron chi connectivity index (χ3n) is 4.76. The normalized spacial score (nSPS) is 19.8. The number of nitrogens with zero attached hydrogens (tertiary/aromatic N) is 2. The van der Waals surface area contributed by atoms with Crippen molar-refractivity contribution in [1.82, 2.24) is 4.90 Å². The fourth-order valence-electron chi connectivity index (χ4n) is 3.48. The summed E-state index contributed by atoms with van der Waals surface area (Å²) in [4.78, 5) is 16.8. The van der Waals surface area contributed by atoms with Gasteiger partial charge in [0.25, 0.3) is 0 Å². The first kappa shape index (κ1) is 15.3. The number of rotatable bonds is 1. The third kappa shape index (κ3) is 2.82. The quantitative estimate of drug-likeness (QED) is 0.780. The number of ether oxygens (including phenoxy) is 1. The van der Waals surface area contributed by atoms with Crippen molar-refractivity contribution < 1.29 is 9.53 Å². The van der Waals surface area contributed by atoms with Crippen LogP contribution in [0.3, 0.4) is 0 Å². The van der Waals surface area contributed by atoms with Crippen molar-refractivity contribution >= 4 is 23.3 Å². The molecule has 2 aliphatic rings. The Kier molecular flexibility index (Phi) is 4.07. The van der Waals surface area contributed by atoms with E-state index in [1.807, 2.05) is 46.2 Å². The lowest BCUT2D eigenvalue weighted by molar-refractivity contribution is 0.209. The van der Waals surface area contributed by atoms with Gasteiger partial charge in [0.05, 0.1) is 12.2 Å². The van der Waals surface area contributed by atoms with E-state index in [0.29, 0.717) is 19.1 Å². The minimum atomic E-state index is 0.0715. The zero-order valence-corrected chi connectivity index (χ0v) is 14.1. The van der Waals surface area contributed by atoms with Gasteiger partial charge in [-0.1, -0.05) is 35.9 Å². The Morgan fingerprint density at radius 3 is 2.71 bits per heavy atom. The predicted octanol–water partition coefficient (Wildman–Crippen LogP) is 4.15. The molecule has 1 unspecified atom stereocenters. The number of fused-ring (bicyclic) bond motifs is 1. The number of benzene rings is 2. The number of hydrogen-bond donors (Lipinski definition) is 0. The molecular weight excluding hydrogens is 324 g/mol. The Morgan fingerprint density at radius 1 is 1.08 bits per heavy atom. The fourth-order valence-corrected chi connectivity index (χ4v) is 3.61. The first-order valence-electron chi connectivity index (χ1n) is 8.26. The lowest BCUT2D eigenvalue weighted by atomic mass is 9.99. The van der Waals surface area contributed by atoms with Crippen LogP contribution in [0.1, 0.15) is 17.9 Å². The van der Waals surface area contributed by atoms with Crippen LogP contribution in [-0.2, 0) is 0 Å². The van der Waals surface area contributed by atoms with Crippen molar-refractivity contribution in [3.8, 4) is 5.75 Å². The van der Waals surface area contributed by atoms with E-state index in [1.54, 1.807) is 0 Å². The van der Waals surface area contributed by atoms with Gasteiger partial charge in [0.15, 0.2) is 0 Å². The molecule has 2 amide bonds. The molecule has 0 aliphatic carbocycles. The Hall–Kier alpha value is -2.20. The second kappa shape index (κ2) is 6.36. The summed E-state index contributed by atoms with van der Waals surface area (Å²) in [5.74, 6) is 1.16. The highest BCUT2D eigenvalue weighted by Gasteiger charge is 2.32. The minimum Gasteiger partial charge on any atom is -0.490 e. The Balaban J connectivity index is 1.49. The van der Waals surface area contributed by atoms with Crippen LogP contribution in [-0.4, -0.2) is 37.2 Å². The lowest BCUT2D eigenvalue weighted by Gasteiger charge is -2.32. The smallest absolute Gasteiger partial charge is 0.324 e. The van der Waals surface area contributed by atoms with Gasteiger partial charge in [0.1, 0.15) is 12.4 Å². The molecule has 2 aromatic rings. The van der Waals surface area contributed by atoms with E-state index in [4.69, 9.17) is 16.3 Å². The molecule has 1 fully saturated rings. The molecule has 2 aromatic carbocycles. The second-order valence-electron chi connectivity index (χ2n) is 6.23. The van der Waals surface area contributed by atoms with Crippen molar-refractivity contribution in [2.24, 2.45) is 0 Å². The van der Waals surface area contributed by atoms with Crippen molar-refractivity contribution in [3.63, 3.8) is 0 Å². The zero-order valence-electron chi connectivity index (χ0n) is 13.3. The summed E-state index contributed by atoms with van der Waals surface area (Å²) in [6.45, 7) is 2.67. The number of anilines is 1. The molecule has 0 aromatic heterocycles. The first-order valence-corrected chi connectivity index (χ1v) is 8.64. The zero-order chi connectivity index (χ0) is 16.5. The van der Waals surface area contributed by atoms with Gasteiger partial charge in [-0.15, -0.1) is 0 Å². The van der Waals surface area contributed by atoms with Gasteiger partial charge < -0.3 is 9.64 Å². The van der Waals surface area contributed by atoms with Gasteiger partial charge in [-0.2, -0.15) is 0 Å². The maximum absolute atomic E-state index is 13.0. The molecule has 0 saturated carbocycles. The molecule has 0 spiro atoms. The minimum absolute atomic E-state index is 0.0715. The van der Waals surface area contributed by atoms with E-state index >= 15 is 0 Å². The fraction of sp³-hybridized carbons (Fsp3) is 0.316. The number of likely N-dealkylation sites (tertiary alicyclic amines) is 1. The van der Waals surface area contributed by atoms with Crippen LogP contribution in [0.2, 0.25) is 5.02 Å². The van der Waals surface area contributed by atoms with E-state index in [0.717, 1.165) is 36.0 Å². The summed E-state index contributed by atoms with van der Waals surface area (Å²) >= 11 is 5.96. The number of hydrogen-bond acceptors (Lipinski definition) is 2. The predicted molar refractivity (Wildman–Crippen MR) is 95.1 cm³/mol. The average molecular weight is 343 g/mol. The summed E-state index contributed by atoms with van der Waals surface area (Å²) in [5.41, 5.74) is 2.11. The van der Waals surface area contributed by atoms with E-state index in [9.17, 15) is 4.79 Å². The molecule has 5 heteroatoms. The monoisotopic (exact) mass is 342 g/mol. The van der Waals surface area contributed by atoms with Crippen molar-refractivity contribution in [2.45, 2.75) is 12.3 Å². The first-order chi connectivity index (χ1) is 11.7. The maximum Gasteiger partial charge on any atom is 0.324 e. The Morgan fingerprint density at radius 2 is 1.88 bits per heavy atom. The molecule has 2 aliphatic heterocycles. The molecule has 124 valence electrons.